The lowest BCUT2D eigenvalue weighted by molar-refractivity contribution is -0.0529. The van der Waals surface area contributed by atoms with E-state index in [1.807, 2.05) is 39.0 Å². The highest BCUT2D eigenvalue weighted by atomic mass is 16.5. The van der Waals surface area contributed by atoms with Gasteiger partial charge in [0.2, 0.25) is 0 Å². The molecule has 1 N–H and O–H groups in total. The largest absolute Gasteiger partial charge is 0.359 e. The zero-order valence-corrected chi connectivity index (χ0v) is 10.3. The molecule has 16 heavy (non-hydrogen) atoms. The third-order valence-corrected chi connectivity index (χ3v) is 2.92. The van der Waals surface area contributed by atoms with Gasteiger partial charge in [0.05, 0.1) is 0 Å². The van der Waals surface area contributed by atoms with E-state index in [9.17, 15) is 4.79 Å². The molecule has 1 aromatic rings. The van der Waals surface area contributed by atoms with Gasteiger partial charge in [-0.05, 0) is 19.1 Å². The Morgan fingerprint density at radius 3 is 2.31 bits per heavy atom. The van der Waals surface area contributed by atoms with Crippen molar-refractivity contribution in [3.8, 4) is 0 Å². The van der Waals surface area contributed by atoms with Gasteiger partial charge in [0, 0.05) is 18.6 Å². The second kappa shape index (κ2) is 5.12. The quantitative estimate of drug-likeness (QED) is 0.793. The van der Waals surface area contributed by atoms with Crippen LogP contribution in [0.2, 0.25) is 0 Å². The number of hydrogen-bond donors (Lipinski definition) is 1. The van der Waals surface area contributed by atoms with Crippen LogP contribution in [-0.4, -0.2) is 18.7 Å². The number of carbonyl (C=O) groups excluding carboxylic acids is 1. The van der Waals surface area contributed by atoms with E-state index in [-0.39, 0.29) is 11.8 Å². The molecule has 0 saturated carbocycles. The second-order valence-corrected chi connectivity index (χ2v) is 4.29. The first-order chi connectivity index (χ1) is 7.49. The molecule has 1 rings (SSSR count). The summed E-state index contributed by atoms with van der Waals surface area (Å²) in [7, 11) is 1.60. The molecular weight excluding hydrogens is 202 g/mol. The first-order valence-electron chi connectivity index (χ1n) is 5.42. The van der Waals surface area contributed by atoms with Gasteiger partial charge in [-0.3, -0.25) is 4.79 Å². The van der Waals surface area contributed by atoms with Gasteiger partial charge in [-0.25, -0.2) is 0 Å². The van der Waals surface area contributed by atoms with Crippen molar-refractivity contribution in [1.29, 1.82) is 0 Å². The molecule has 0 aliphatic carbocycles. The standard InChI is InChI=1S/C13H19NO2/c1-10(2)13(3,16-4)14-12(15)11-8-6-5-7-9-11/h5-10H,1-4H3,(H,14,15). The van der Waals surface area contributed by atoms with Crippen molar-refractivity contribution in [2.45, 2.75) is 26.5 Å². The van der Waals surface area contributed by atoms with Crippen molar-refractivity contribution in [3.05, 3.63) is 35.9 Å². The van der Waals surface area contributed by atoms with Gasteiger partial charge in [0.15, 0.2) is 0 Å². The first kappa shape index (κ1) is 12.7. The molecule has 88 valence electrons. The number of carbonyl (C=O) groups is 1. The van der Waals surface area contributed by atoms with Gasteiger partial charge in [-0.1, -0.05) is 32.0 Å². The number of ether oxygens (including phenoxy) is 1. The van der Waals surface area contributed by atoms with Crippen LogP contribution in [0, 0.1) is 5.92 Å². The van der Waals surface area contributed by atoms with Crippen LogP contribution in [0.4, 0.5) is 0 Å². The average Bonchev–Trinajstić information content (AvgIpc) is 2.29. The van der Waals surface area contributed by atoms with Crippen molar-refractivity contribution in [3.63, 3.8) is 0 Å². The van der Waals surface area contributed by atoms with Crippen LogP contribution in [0.15, 0.2) is 30.3 Å². The van der Waals surface area contributed by atoms with Crippen LogP contribution >= 0.6 is 0 Å². The summed E-state index contributed by atoms with van der Waals surface area (Å²) in [6.45, 7) is 5.89. The molecule has 0 bridgehead atoms. The summed E-state index contributed by atoms with van der Waals surface area (Å²) in [6, 6.07) is 9.13. The normalized spacial score (nSPS) is 14.6. The lowest BCUT2D eigenvalue weighted by Crippen LogP contribution is -2.51. The maximum Gasteiger partial charge on any atom is 0.253 e. The lowest BCUT2D eigenvalue weighted by atomic mass is 10.0. The van der Waals surface area contributed by atoms with Crippen molar-refractivity contribution in [2.75, 3.05) is 7.11 Å². The molecule has 0 spiro atoms. The maximum atomic E-state index is 11.9. The van der Waals surface area contributed by atoms with E-state index in [2.05, 4.69) is 5.32 Å². The summed E-state index contributed by atoms with van der Waals surface area (Å²) in [6.07, 6.45) is 0. The summed E-state index contributed by atoms with van der Waals surface area (Å²) in [5, 5.41) is 2.90. The van der Waals surface area contributed by atoms with Gasteiger partial charge < -0.3 is 10.1 Å². The molecule has 1 aromatic carbocycles. The summed E-state index contributed by atoms with van der Waals surface area (Å²) in [5.74, 6) is 0.0869. The van der Waals surface area contributed by atoms with Gasteiger partial charge in [-0.15, -0.1) is 0 Å². The molecule has 1 atom stereocenters. The Hall–Kier alpha value is -1.35. The zero-order valence-electron chi connectivity index (χ0n) is 10.3. The molecule has 0 aliphatic heterocycles. The van der Waals surface area contributed by atoms with E-state index in [1.165, 1.54) is 0 Å². The summed E-state index contributed by atoms with van der Waals surface area (Å²) in [4.78, 5) is 11.9. The Kier molecular flexibility index (Phi) is 4.07. The molecule has 0 aromatic heterocycles. The monoisotopic (exact) mass is 221 g/mol. The topological polar surface area (TPSA) is 38.3 Å². The highest BCUT2D eigenvalue weighted by Crippen LogP contribution is 2.17. The Labute approximate surface area is 96.8 Å². The first-order valence-corrected chi connectivity index (χ1v) is 5.42. The van der Waals surface area contributed by atoms with E-state index < -0.39 is 5.72 Å². The summed E-state index contributed by atoms with van der Waals surface area (Å²) < 4.78 is 5.36. The molecule has 3 heteroatoms. The number of hydrogen-bond acceptors (Lipinski definition) is 2. The minimum Gasteiger partial charge on any atom is -0.359 e. The third-order valence-electron chi connectivity index (χ3n) is 2.92. The molecular formula is C13H19NO2. The van der Waals surface area contributed by atoms with Crippen LogP contribution in [0.25, 0.3) is 0 Å². The zero-order chi connectivity index (χ0) is 12.2. The van der Waals surface area contributed by atoms with Crippen LogP contribution in [-0.2, 0) is 4.74 Å². The molecule has 1 unspecified atom stereocenters. The summed E-state index contributed by atoms with van der Waals surface area (Å²) in [5.41, 5.74) is 0.0128. The van der Waals surface area contributed by atoms with Crippen molar-refractivity contribution < 1.29 is 9.53 Å². The van der Waals surface area contributed by atoms with E-state index in [0.717, 1.165) is 0 Å². The number of nitrogens with one attached hydrogen (secondary N) is 1. The van der Waals surface area contributed by atoms with Crippen molar-refractivity contribution >= 4 is 5.91 Å². The second-order valence-electron chi connectivity index (χ2n) is 4.29. The van der Waals surface area contributed by atoms with Crippen LogP contribution in [0.1, 0.15) is 31.1 Å². The SMILES string of the molecule is COC(C)(NC(=O)c1ccccc1)C(C)C. The minimum atomic E-state index is -0.632. The molecule has 3 nitrogen and oxygen atoms in total. The van der Waals surface area contributed by atoms with Crippen LogP contribution in [0.3, 0.4) is 0 Å². The van der Waals surface area contributed by atoms with Crippen molar-refractivity contribution in [1.82, 2.24) is 5.32 Å². The van der Waals surface area contributed by atoms with Crippen LogP contribution in [0.5, 0.6) is 0 Å². The molecule has 0 heterocycles. The van der Waals surface area contributed by atoms with Gasteiger partial charge in [-0.2, -0.15) is 0 Å². The summed E-state index contributed by atoms with van der Waals surface area (Å²) >= 11 is 0. The predicted molar refractivity (Wildman–Crippen MR) is 64.2 cm³/mol. The van der Waals surface area contributed by atoms with Crippen LogP contribution < -0.4 is 5.32 Å². The van der Waals surface area contributed by atoms with E-state index >= 15 is 0 Å². The predicted octanol–water partition coefficient (Wildman–Crippen LogP) is 2.44. The highest BCUT2D eigenvalue weighted by molar-refractivity contribution is 5.94. The number of methoxy groups -OCH3 is 1. The minimum absolute atomic E-state index is 0.112. The Morgan fingerprint density at radius 1 is 1.31 bits per heavy atom. The van der Waals surface area contributed by atoms with Crippen molar-refractivity contribution in [2.24, 2.45) is 5.92 Å². The molecule has 0 fully saturated rings. The highest BCUT2D eigenvalue weighted by Gasteiger charge is 2.29. The number of rotatable bonds is 4. The molecule has 0 aliphatic rings. The fourth-order valence-electron chi connectivity index (χ4n) is 1.32. The third kappa shape index (κ3) is 2.83. The fraction of sp³-hybridized carbons (Fsp3) is 0.462. The Balaban J connectivity index is 2.78. The molecule has 0 radical (unpaired) electrons. The lowest BCUT2D eigenvalue weighted by Gasteiger charge is -2.33. The maximum absolute atomic E-state index is 11.9. The van der Waals surface area contributed by atoms with Gasteiger partial charge in [0.1, 0.15) is 5.72 Å². The fourth-order valence-corrected chi connectivity index (χ4v) is 1.32. The number of benzene rings is 1. The van der Waals surface area contributed by atoms with Gasteiger partial charge in [0.25, 0.3) is 5.91 Å². The Morgan fingerprint density at radius 2 is 1.88 bits per heavy atom. The molecule has 1 amide bonds. The smallest absolute Gasteiger partial charge is 0.253 e. The molecule has 0 saturated heterocycles. The Bertz CT molecular complexity index is 348. The average molecular weight is 221 g/mol. The van der Waals surface area contributed by atoms with E-state index in [4.69, 9.17) is 4.74 Å². The van der Waals surface area contributed by atoms with E-state index in [0.29, 0.717) is 5.56 Å². The number of amides is 1. The van der Waals surface area contributed by atoms with Gasteiger partial charge >= 0.3 is 0 Å². The van der Waals surface area contributed by atoms with E-state index in [1.54, 1.807) is 19.2 Å².